The van der Waals surface area contributed by atoms with Crippen molar-refractivity contribution in [1.29, 1.82) is 0 Å². The molecule has 0 atom stereocenters. The maximum Gasteiger partial charge on any atom is 0.357 e. The number of hydrogen-bond donors (Lipinski definition) is 0. The Kier molecular flexibility index (Phi) is 4.13. The van der Waals surface area contributed by atoms with E-state index in [9.17, 15) is 4.79 Å². The van der Waals surface area contributed by atoms with Crippen LogP contribution in [-0.2, 0) is 4.74 Å². The molecule has 2 rings (SSSR count). The lowest BCUT2D eigenvalue weighted by Gasteiger charge is -2.27. The summed E-state index contributed by atoms with van der Waals surface area (Å²) >= 11 is 0. The highest BCUT2D eigenvalue weighted by atomic mass is 16.5. The van der Waals surface area contributed by atoms with E-state index in [1.807, 2.05) is 0 Å². The van der Waals surface area contributed by atoms with Crippen LogP contribution >= 0.6 is 0 Å². The van der Waals surface area contributed by atoms with Crippen LogP contribution in [0.4, 0.5) is 0 Å². The summed E-state index contributed by atoms with van der Waals surface area (Å²) in [5, 5.41) is 0. The second-order valence-corrected chi connectivity index (χ2v) is 4.67. The Labute approximate surface area is 102 Å². The minimum Gasteiger partial charge on any atom is -0.458 e. The first-order chi connectivity index (χ1) is 8.29. The molecule has 0 spiro atoms. The number of hydrogen-bond acceptors (Lipinski definition) is 3. The highest BCUT2D eigenvalue weighted by molar-refractivity contribution is 5.87. The van der Waals surface area contributed by atoms with Crippen LogP contribution in [0.25, 0.3) is 0 Å². The number of esters is 1. The second kappa shape index (κ2) is 5.80. The molecule has 0 aromatic carbocycles. The van der Waals surface area contributed by atoms with Crippen LogP contribution in [0.2, 0.25) is 0 Å². The fourth-order valence-corrected chi connectivity index (χ4v) is 2.35. The van der Waals surface area contributed by atoms with E-state index in [0.717, 1.165) is 18.8 Å². The van der Waals surface area contributed by atoms with Gasteiger partial charge in [-0.05, 0) is 43.7 Å². The summed E-state index contributed by atoms with van der Waals surface area (Å²) in [5.74, 6) is 0.533. The first-order valence-corrected chi connectivity index (χ1v) is 6.41. The molecular formula is C14H19NO2. The van der Waals surface area contributed by atoms with E-state index in [0.29, 0.717) is 5.69 Å². The van der Waals surface area contributed by atoms with Gasteiger partial charge < -0.3 is 4.74 Å². The first kappa shape index (κ1) is 12.1. The molecule has 3 nitrogen and oxygen atoms in total. The third-order valence-corrected chi connectivity index (χ3v) is 3.52. The first-order valence-electron chi connectivity index (χ1n) is 6.41. The molecule has 0 bridgehead atoms. The number of rotatable bonds is 3. The molecule has 17 heavy (non-hydrogen) atoms. The van der Waals surface area contributed by atoms with E-state index in [-0.39, 0.29) is 12.1 Å². The Morgan fingerprint density at radius 1 is 1.35 bits per heavy atom. The largest absolute Gasteiger partial charge is 0.458 e. The number of pyridine rings is 1. The van der Waals surface area contributed by atoms with Gasteiger partial charge in [-0.3, -0.25) is 0 Å². The van der Waals surface area contributed by atoms with Crippen LogP contribution in [0.5, 0.6) is 0 Å². The Hall–Kier alpha value is -1.38. The van der Waals surface area contributed by atoms with Crippen molar-refractivity contribution < 1.29 is 9.53 Å². The van der Waals surface area contributed by atoms with Crippen molar-refractivity contribution in [2.24, 2.45) is 5.92 Å². The highest BCUT2D eigenvalue weighted by Crippen LogP contribution is 2.28. The molecule has 0 radical (unpaired) electrons. The number of ether oxygens (including phenoxy) is 1. The molecule has 0 unspecified atom stereocenters. The summed E-state index contributed by atoms with van der Waals surface area (Å²) < 4.78 is 5.47. The van der Waals surface area contributed by atoms with Gasteiger partial charge in [-0.25, -0.2) is 9.78 Å². The normalized spacial score (nSPS) is 24.3. The molecule has 0 amide bonds. The van der Waals surface area contributed by atoms with Crippen molar-refractivity contribution in [1.82, 2.24) is 4.98 Å². The van der Waals surface area contributed by atoms with E-state index < -0.39 is 0 Å². The van der Waals surface area contributed by atoms with Crippen LogP contribution in [0, 0.1) is 5.92 Å². The van der Waals surface area contributed by atoms with Gasteiger partial charge in [0.25, 0.3) is 0 Å². The van der Waals surface area contributed by atoms with Crippen molar-refractivity contribution in [2.45, 2.75) is 45.1 Å². The molecule has 0 aliphatic heterocycles. The van der Waals surface area contributed by atoms with Crippen LogP contribution in [0.1, 0.15) is 49.5 Å². The fourth-order valence-electron chi connectivity index (χ4n) is 2.35. The standard InChI is InChI=1S/C14H19NO2/c1-2-11-6-8-12(9-7-11)17-14(16)13-5-3-4-10-15-13/h3-5,10-12H,2,6-9H2,1H3. The minimum absolute atomic E-state index is 0.0901. The maximum absolute atomic E-state index is 11.8. The Balaban J connectivity index is 1.84. The quantitative estimate of drug-likeness (QED) is 0.752. The number of aromatic nitrogens is 1. The zero-order valence-electron chi connectivity index (χ0n) is 10.3. The molecule has 1 aromatic rings. The van der Waals surface area contributed by atoms with Gasteiger partial charge in [0, 0.05) is 6.20 Å². The summed E-state index contributed by atoms with van der Waals surface area (Å²) in [5.41, 5.74) is 0.408. The van der Waals surface area contributed by atoms with Gasteiger partial charge >= 0.3 is 5.97 Å². The SMILES string of the molecule is CCC1CCC(OC(=O)c2ccccn2)CC1. The van der Waals surface area contributed by atoms with Crippen molar-refractivity contribution in [3.05, 3.63) is 30.1 Å². The average molecular weight is 233 g/mol. The predicted molar refractivity (Wildman–Crippen MR) is 65.7 cm³/mol. The van der Waals surface area contributed by atoms with E-state index in [1.165, 1.54) is 19.3 Å². The third-order valence-electron chi connectivity index (χ3n) is 3.52. The second-order valence-electron chi connectivity index (χ2n) is 4.67. The lowest BCUT2D eigenvalue weighted by atomic mass is 9.86. The van der Waals surface area contributed by atoms with Gasteiger partial charge in [0.2, 0.25) is 0 Å². The molecule has 1 heterocycles. The van der Waals surface area contributed by atoms with Crippen molar-refractivity contribution in [3.8, 4) is 0 Å². The molecule has 92 valence electrons. The van der Waals surface area contributed by atoms with Gasteiger partial charge in [-0.1, -0.05) is 19.4 Å². The van der Waals surface area contributed by atoms with Gasteiger partial charge in [-0.2, -0.15) is 0 Å². The number of carbonyl (C=O) groups excluding carboxylic acids is 1. The number of carbonyl (C=O) groups is 1. The van der Waals surface area contributed by atoms with Crippen LogP contribution < -0.4 is 0 Å². The van der Waals surface area contributed by atoms with Crippen LogP contribution in [-0.4, -0.2) is 17.1 Å². The van der Waals surface area contributed by atoms with E-state index >= 15 is 0 Å². The summed E-state index contributed by atoms with van der Waals surface area (Å²) in [7, 11) is 0. The predicted octanol–water partition coefficient (Wildman–Crippen LogP) is 3.21. The Morgan fingerprint density at radius 3 is 2.71 bits per heavy atom. The molecule has 1 aromatic heterocycles. The van der Waals surface area contributed by atoms with E-state index in [4.69, 9.17) is 4.74 Å². The zero-order valence-corrected chi connectivity index (χ0v) is 10.3. The van der Waals surface area contributed by atoms with Crippen molar-refractivity contribution in [2.75, 3.05) is 0 Å². The van der Waals surface area contributed by atoms with Gasteiger partial charge in [-0.15, -0.1) is 0 Å². The van der Waals surface area contributed by atoms with E-state index in [1.54, 1.807) is 24.4 Å². The molecule has 1 aliphatic rings. The Bertz CT molecular complexity index is 356. The van der Waals surface area contributed by atoms with Crippen LogP contribution in [0.15, 0.2) is 24.4 Å². The molecule has 3 heteroatoms. The molecule has 1 aliphatic carbocycles. The maximum atomic E-state index is 11.8. The monoisotopic (exact) mass is 233 g/mol. The summed E-state index contributed by atoms with van der Waals surface area (Å²) in [4.78, 5) is 15.8. The van der Waals surface area contributed by atoms with Crippen molar-refractivity contribution >= 4 is 5.97 Å². The third kappa shape index (κ3) is 3.29. The molecule has 0 N–H and O–H groups in total. The van der Waals surface area contributed by atoms with Crippen LogP contribution in [0.3, 0.4) is 0 Å². The topological polar surface area (TPSA) is 39.2 Å². The summed E-state index contributed by atoms with van der Waals surface area (Å²) in [6.07, 6.45) is 7.29. The molecular weight excluding hydrogens is 214 g/mol. The van der Waals surface area contributed by atoms with Gasteiger partial charge in [0.05, 0.1) is 0 Å². The van der Waals surface area contributed by atoms with Gasteiger partial charge in [0.1, 0.15) is 11.8 Å². The molecule has 1 fully saturated rings. The number of nitrogens with zero attached hydrogens (tertiary/aromatic N) is 1. The lowest BCUT2D eigenvalue weighted by molar-refractivity contribution is 0.0158. The van der Waals surface area contributed by atoms with E-state index in [2.05, 4.69) is 11.9 Å². The summed E-state index contributed by atoms with van der Waals surface area (Å²) in [6.45, 7) is 2.23. The van der Waals surface area contributed by atoms with Gasteiger partial charge in [0.15, 0.2) is 0 Å². The summed E-state index contributed by atoms with van der Waals surface area (Å²) in [6, 6.07) is 5.29. The van der Waals surface area contributed by atoms with Crippen molar-refractivity contribution in [3.63, 3.8) is 0 Å². The molecule has 0 saturated heterocycles. The zero-order chi connectivity index (χ0) is 12.1. The smallest absolute Gasteiger partial charge is 0.357 e. The fraction of sp³-hybridized carbons (Fsp3) is 0.571. The Morgan fingerprint density at radius 2 is 2.12 bits per heavy atom. The highest BCUT2D eigenvalue weighted by Gasteiger charge is 2.23. The lowest BCUT2D eigenvalue weighted by Crippen LogP contribution is -2.24. The molecule has 1 saturated carbocycles. The average Bonchev–Trinajstić information content (AvgIpc) is 2.40. The minimum atomic E-state index is -0.287.